The smallest absolute Gasteiger partial charge is 0.165 e. The van der Waals surface area contributed by atoms with Gasteiger partial charge >= 0.3 is 0 Å². The summed E-state index contributed by atoms with van der Waals surface area (Å²) >= 11 is 0. The quantitative estimate of drug-likeness (QED) is 0.677. The molecule has 29 heavy (non-hydrogen) atoms. The normalized spacial score (nSPS) is 15.1. The third kappa shape index (κ3) is 3.65. The summed E-state index contributed by atoms with van der Waals surface area (Å²) in [7, 11) is 3.29. The van der Waals surface area contributed by atoms with E-state index in [4.69, 9.17) is 9.47 Å². The lowest BCUT2D eigenvalue weighted by atomic mass is 9.75. The molecule has 2 aromatic heterocycles. The SMILES string of the molecule is COc1ccc(Cc2c(-c3ccncc3)[nH]c3c2C(=O)CC(C)(C)C3)c(OC)c1. The van der Waals surface area contributed by atoms with Crippen LogP contribution in [0.2, 0.25) is 0 Å². The molecule has 2 heterocycles. The van der Waals surface area contributed by atoms with Gasteiger partial charge in [0.2, 0.25) is 0 Å². The van der Waals surface area contributed by atoms with Crippen LogP contribution < -0.4 is 9.47 Å². The number of nitrogens with one attached hydrogen (secondary N) is 1. The van der Waals surface area contributed by atoms with E-state index in [9.17, 15) is 4.79 Å². The van der Waals surface area contributed by atoms with E-state index in [2.05, 4.69) is 23.8 Å². The number of ketones is 1. The van der Waals surface area contributed by atoms with Crippen LogP contribution in [0.3, 0.4) is 0 Å². The molecular formula is C24H26N2O3. The maximum Gasteiger partial charge on any atom is 0.165 e. The predicted molar refractivity (Wildman–Crippen MR) is 113 cm³/mol. The molecule has 1 aliphatic carbocycles. The van der Waals surface area contributed by atoms with Gasteiger partial charge in [0.15, 0.2) is 5.78 Å². The standard InChI is InChI=1S/C24H26N2O3/c1-24(2)13-19-22(20(27)14-24)18(23(26-19)15-7-9-25-10-8-15)11-16-5-6-17(28-3)12-21(16)29-4/h5-10,12,26H,11,13-14H2,1-4H3. The molecule has 1 N–H and O–H groups in total. The summed E-state index contributed by atoms with van der Waals surface area (Å²) in [5, 5.41) is 0. The molecule has 1 aromatic carbocycles. The fourth-order valence-corrected chi connectivity index (χ4v) is 4.26. The van der Waals surface area contributed by atoms with Crippen molar-refractivity contribution in [2.75, 3.05) is 14.2 Å². The van der Waals surface area contributed by atoms with Crippen molar-refractivity contribution in [3.05, 3.63) is 65.1 Å². The summed E-state index contributed by atoms with van der Waals surface area (Å²) in [5.74, 6) is 1.70. The highest BCUT2D eigenvalue weighted by Crippen LogP contribution is 2.41. The van der Waals surface area contributed by atoms with Gasteiger partial charge in [-0.1, -0.05) is 19.9 Å². The van der Waals surface area contributed by atoms with Crippen LogP contribution in [0.25, 0.3) is 11.3 Å². The number of ether oxygens (including phenoxy) is 2. The highest BCUT2D eigenvalue weighted by atomic mass is 16.5. The van der Waals surface area contributed by atoms with E-state index in [1.54, 1.807) is 26.6 Å². The number of methoxy groups -OCH3 is 2. The Labute approximate surface area is 171 Å². The van der Waals surface area contributed by atoms with Crippen molar-refractivity contribution in [3.8, 4) is 22.8 Å². The molecule has 150 valence electrons. The molecule has 5 nitrogen and oxygen atoms in total. The number of carbonyl (C=O) groups excluding carboxylic acids is 1. The Kier molecular flexibility index (Phi) is 4.91. The zero-order chi connectivity index (χ0) is 20.6. The van der Waals surface area contributed by atoms with Crippen LogP contribution in [-0.4, -0.2) is 30.0 Å². The third-order valence-electron chi connectivity index (χ3n) is 5.58. The van der Waals surface area contributed by atoms with Gasteiger partial charge in [-0.2, -0.15) is 0 Å². The molecule has 0 saturated carbocycles. The number of nitrogens with zero attached hydrogens (tertiary/aromatic N) is 1. The van der Waals surface area contributed by atoms with Gasteiger partial charge in [-0.15, -0.1) is 0 Å². The highest BCUT2D eigenvalue weighted by molar-refractivity contribution is 6.02. The van der Waals surface area contributed by atoms with Gasteiger partial charge in [-0.3, -0.25) is 9.78 Å². The molecule has 1 aliphatic rings. The van der Waals surface area contributed by atoms with Gasteiger partial charge in [0.05, 0.1) is 19.9 Å². The van der Waals surface area contributed by atoms with E-state index in [1.807, 2.05) is 30.3 Å². The van der Waals surface area contributed by atoms with Crippen LogP contribution in [0, 0.1) is 5.41 Å². The lowest BCUT2D eigenvalue weighted by Gasteiger charge is -2.28. The first-order chi connectivity index (χ1) is 13.9. The first-order valence-electron chi connectivity index (χ1n) is 9.80. The molecule has 0 unspecified atom stereocenters. The third-order valence-corrected chi connectivity index (χ3v) is 5.58. The van der Waals surface area contributed by atoms with E-state index in [1.165, 1.54) is 0 Å². The number of hydrogen-bond donors (Lipinski definition) is 1. The number of pyridine rings is 1. The van der Waals surface area contributed by atoms with Crippen LogP contribution >= 0.6 is 0 Å². The Morgan fingerprint density at radius 2 is 1.83 bits per heavy atom. The maximum atomic E-state index is 13.1. The topological polar surface area (TPSA) is 64.2 Å². The number of aromatic nitrogens is 2. The number of rotatable bonds is 5. The van der Waals surface area contributed by atoms with Crippen LogP contribution in [-0.2, 0) is 12.8 Å². The van der Waals surface area contributed by atoms with Gasteiger partial charge in [0.1, 0.15) is 11.5 Å². The maximum absolute atomic E-state index is 13.1. The fourth-order valence-electron chi connectivity index (χ4n) is 4.26. The molecular weight excluding hydrogens is 364 g/mol. The monoisotopic (exact) mass is 390 g/mol. The van der Waals surface area contributed by atoms with Gasteiger partial charge in [0.25, 0.3) is 0 Å². The van der Waals surface area contributed by atoms with Gasteiger partial charge < -0.3 is 14.5 Å². The summed E-state index contributed by atoms with van der Waals surface area (Å²) in [6.45, 7) is 4.29. The summed E-state index contributed by atoms with van der Waals surface area (Å²) in [4.78, 5) is 20.8. The lowest BCUT2D eigenvalue weighted by Crippen LogP contribution is -2.27. The molecule has 0 atom stereocenters. The second kappa shape index (κ2) is 7.39. The molecule has 3 aromatic rings. The van der Waals surface area contributed by atoms with Crippen LogP contribution in [0.1, 0.15) is 47.4 Å². The van der Waals surface area contributed by atoms with Crippen LogP contribution in [0.15, 0.2) is 42.7 Å². The molecule has 0 amide bonds. The number of carbonyl (C=O) groups is 1. The molecule has 5 heteroatoms. The van der Waals surface area contributed by atoms with Crippen LogP contribution in [0.4, 0.5) is 0 Å². The Morgan fingerprint density at radius 1 is 1.07 bits per heavy atom. The Hall–Kier alpha value is -3.08. The van der Waals surface area contributed by atoms with Crippen LogP contribution in [0.5, 0.6) is 11.5 Å². The van der Waals surface area contributed by atoms with Crippen molar-refractivity contribution in [3.63, 3.8) is 0 Å². The lowest BCUT2D eigenvalue weighted by molar-refractivity contribution is 0.0911. The largest absolute Gasteiger partial charge is 0.497 e. The van der Waals surface area contributed by atoms with Gasteiger partial charge in [-0.25, -0.2) is 0 Å². The van der Waals surface area contributed by atoms with Crippen molar-refractivity contribution in [2.45, 2.75) is 33.1 Å². The average molecular weight is 390 g/mol. The molecule has 0 aliphatic heterocycles. The van der Waals surface area contributed by atoms with E-state index < -0.39 is 0 Å². The molecule has 0 spiro atoms. The van der Waals surface area contributed by atoms with Crippen molar-refractivity contribution in [1.82, 2.24) is 9.97 Å². The number of Topliss-reactive ketones (excluding diaryl/α,β-unsaturated/α-hetero) is 1. The van der Waals surface area contributed by atoms with E-state index in [0.717, 1.165) is 51.6 Å². The summed E-state index contributed by atoms with van der Waals surface area (Å²) in [5.41, 5.74) is 5.89. The average Bonchev–Trinajstić information content (AvgIpc) is 3.06. The molecule has 0 radical (unpaired) electrons. The first-order valence-corrected chi connectivity index (χ1v) is 9.80. The summed E-state index contributed by atoms with van der Waals surface area (Å²) in [6.07, 6.45) is 5.56. The van der Waals surface area contributed by atoms with Crippen molar-refractivity contribution >= 4 is 5.78 Å². The number of H-pyrrole nitrogens is 1. The minimum absolute atomic E-state index is 0.0421. The minimum Gasteiger partial charge on any atom is -0.497 e. The van der Waals surface area contributed by atoms with E-state index in [-0.39, 0.29) is 11.2 Å². The summed E-state index contributed by atoms with van der Waals surface area (Å²) in [6, 6.07) is 9.76. The van der Waals surface area contributed by atoms with Gasteiger partial charge in [0, 0.05) is 48.1 Å². The molecule has 4 rings (SSSR count). The Morgan fingerprint density at radius 3 is 2.52 bits per heavy atom. The fraction of sp³-hybridized carbons (Fsp3) is 0.333. The van der Waals surface area contributed by atoms with Crippen molar-refractivity contribution < 1.29 is 14.3 Å². The summed E-state index contributed by atoms with van der Waals surface area (Å²) < 4.78 is 10.9. The number of benzene rings is 1. The van der Waals surface area contributed by atoms with Gasteiger partial charge in [-0.05, 0) is 41.2 Å². The van der Waals surface area contributed by atoms with E-state index in [0.29, 0.717) is 12.8 Å². The zero-order valence-electron chi connectivity index (χ0n) is 17.3. The highest BCUT2D eigenvalue weighted by Gasteiger charge is 2.35. The molecule has 0 bridgehead atoms. The molecule has 0 fully saturated rings. The first kappa shape index (κ1) is 19.2. The van der Waals surface area contributed by atoms with Crippen molar-refractivity contribution in [2.24, 2.45) is 5.41 Å². The number of aromatic amines is 1. The Bertz CT molecular complexity index is 1050. The number of hydrogen-bond acceptors (Lipinski definition) is 4. The second-order valence-corrected chi connectivity index (χ2v) is 8.36. The van der Waals surface area contributed by atoms with E-state index >= 15 is 0 Å². The zero-order valence-corrected chi connectivity index (χ0v) is 17.3. The number of fused-ring (bicyclic) bond motifs is 1. The Balaban J connectivity index is 1.86. The second-order valence-electron chi connectivity index (χ2n) is 8.36. The minimum atomic E-state index is -0.0421. The van der Waals surface area contributed by atoms with Crippen molar-refractivity contribution in [1.29, 1.82) is 0 Å². The predicted octanol–water partition coefficient (Wildman–Crippen LogP) is 4.84. The molecule has 0 saturated heterocycles.